The van der Waals surface area contributed by atoms with Gasteiger partial charge in [0.25, 0.3) is 5.91 Å². The van der Waals surface area contributed by atoms with Crippen LogP contribution in [0.25, 0.3) is 22.3 Å². The Hall–Kier alpha value is -6.19. The third-order valence-corrected chi connectivity index (χ3v) is 12.1. The molecular formula is C43H46N10O5. The van der Waals surface area contributed by atoms with Gasteiger partial charge >= 0.3 is 0 Å². The highest BCUT2D eigenvalue weighted by Gasteiger charge is 2.39. The van der Waals surface area contributed by atoms with E-state index in [2.05, 4.69) is 34.7 Å². The molecule has 15 heteroatoms. The number of anilines is 2. The van der Waals surface area contributed by atoms with Crippen LogP contribution in [0, 0.1) is 12.8 Å². The van der Waals surface area contributed by atoms with Gasteiger partial charge in [0.05, 0.1) is 11.4 Å². The van der Waals surface area contributed by atoms with Gasteiger partial charge in [-0.2, -0.15) is 5.10 Å². The summed E-state index contributed by atoms with van der Waals surface area (Å²) >= 11 is 0. The predicted octanol–water partition coefficient (Wildman–Crippen LogP) is 4.04. The molecule has 6 heterocycles. The number of carbonyl (C=O) groups excluding carboxylic acids is 4. The third kappa shape index (κ3) is 7.26. The maximum absolute atomic E-state index is 13.3. The van der Waals surface area contributed by atoms with Crippen molar-refractivity contribution >= 4 is 46.7 Å². The number of para-hydroxylation sites is 1. The average Bonchev–Trinajstić information content (AvgIpc) is 3.59. The minimum atomic E-state index is -0.990. The standard InChI is InChI=1S/C43H46N10O5/c1-27-19-31(9-12-35(27)43(57)52(26-54)36-13-14-37(55)47-42(36)56)51-21-28(22-51)20-49-23-32(24-49)50-17-15-30(16-18-50)53-41-38(40(44)45-25-46-41)39(48-53)29-7-10-34(11-8-29)58-33-5-3-2-4-6-33/h2-12,19,25-26,28,30,32,36H,13-18,20-24H2,1H3,(H2,44,45,46)(H,47,55,56). The number of piperidine rings is 2. The lowest BCUT2D eigenvalue weighted by Crippen LogP contribution is -2.63. The second-order valence-electron chi connectivity index (χ2n) is 15.9. The van der Waals surface area contributed by atoms with Crippen molar-refractivity contribution in [3.05, 3.63) is 90.3 Å². The number of nitrogens with one attached hydrogen (secondary N) is 1. The summed E-state index contributed by atoms with van der Waals surface area (Å²) in [5, 5.41) is 8.11. The highest BCUT2D eigenvalue weighted by molar-refractivity contribution is 6.07. The molecule has 3 aromatic carbocycles. The lowest BCUT2D eigenvalue weighted by Gasteiger charge is -2.51. The largest absolute Gasteiger partial charge is 0.457 e. The summed E-state index contributed by atoms with van der Waals surface area (Å²) in [6, 6.07) is 23.0. The van der Waals surface area contributed by atoms with E-state index in [1.165, 1.54) is 6.33 Å². The van der Waals surface area contributed by atoms with Crippen molar-refractivity contribution in [2.24, 2.45) is 5.92 Å². The summed E-state index contributed by atoms with van der Waals surface area (Å²) in [4.78, 5) is 66.4. The molecule has 9 rings (SSSR count). The first-order chi connectivity index (χ1) is 28.2. The van der Waals surface area contributed by atoms with Crippen molar-refractivity contribution < 1.29 is 23.9 Å². The number of hydrogen-bond donors (Lipinski definition) is 2. The number of ether oxygens (including phenoxy) is 1. The van der Waals surface area contributed by atoms with Gasteiger partial charge < -0.3 is 15.4 Å². The smallest absolute Gasteiger partial charge is 0.261 e. The van der Waals surface area contributed by atoms with Crippen LogP contribution in [0.2, 0.25) is 0 Å². The molecule has 5 aromatic rings. The minimum absolute atomic E-state index is 0.0854. The van der Waals surface area contributed by atoms with Gasteiger partial charge in [0.15, 0.2) is 5.65 Å². The molecule has 4 fully saturated rings. The number of imide groups is 2. The Morgan fingerprint density at radius 2 is 1.67 bits per heavy atom. The highest BCUT2D eigenvalue weighted by Crippen LogP contribution is 2.36. The molecule has 0 radical (unpaired) electrons. The second kappa shape index (κ2) is 15.6. The summed E-state index contributed by atoms with van der Waals surface area (Å²) in [6.45, 7) is 8.91. The van der Waals surface area contributed by atoms with Crippen molar-refractivity contribution in [2.45, 2.75) is 50.7 Å². The van der Waals surface area contributed by atoms with E-state index in [-0.39, 0.29) is 18.9 Å². The number of nitrogen functional groups attached to an aromatic ring is 1. The maximum Gasteiger partial charge on any atom is 0.261 e. The molecule has 2 aromatic heterocycles. The van der Waals surface area contributed by atoms with Crippen LogP contribution in [0.4, 0.5) is 11.5 Å². The second-order valence-corrected chi connectivity index (χ2v) is 15.9. The van der Waals surface area contributed by atoms with Crippen LogP contribution in [0.3, 0.4) is 0 Å². The van der Waals surface area contributed by atoms with E-state index in [0.717, 1.165) is 109 Å². The zero-order valence-electron chi connectivity index (χ0n) is 32.4. The summed E-state index contributed by atoms with van der Waals surface area (Å²) in [7, 11) is 0. The average molecular weight is 783 g/mol. The number of fused-ring (bicyclic) bond motifs is 1. The number of nitrogens with zero attached hydrogens (tertiary/aromatic N) is 8. The summed E-state index contributed by atoms with van der Waals surface area (Å²) < 4.78 is 8.07. The topological polar surface area (TPSA) is 172 Å². The van der Waals surface area contributed by atoms with Crippen molar-refractivity contribution in [2.75, 3.05) is 56.4 Å². The molecule has 58 heavy (non-hydrogen) atoms. The third-order valence-electron chi connectivity index (χ3n) is 12.1. The van der Waals surface area contributed by atoms with E-state index in [1.807, 2.05) is 73.7 Å². The van der Waals surface area contributed by atoms with E-state index in [0.29, 0.717) is 29.8 Å². The molecule has 3 N–H and O–H groups in total. The zero-order valence-corrected chi connectivity index (χ0v) is 32.4. The van der Waals surface area contributed by atoms with Gasteiger partial charge in [-0.05, 0) is 86.3 Å². The summed E-state index contributed by atoms with van der Waals surface area (Å²) in [6.07, 6.45) is 4.07. The number of nitrogens with two attached hydrogens (primary N) is 1. The molecule has 0 aliphatic carbocycles. The van der Waals surface area contributed by atoms with Crippen LogP contribution in [0.15, 0.2) is 79.1 Å². The Morgan fingerprint density at radius 1 is 0.931 bits per heavy atom. The molecular weight excluding hydrogens is 737 g/mol. The Labute approximate surface area is 335 Å². The van der Waals surface area contributed by atoms with Crippen molar-refractivity contribution in [3.63, 3.8) is 0 Å². The van der Waals surface area contributed by atoms with Crippen LogP contribution in [-0.2, 0) is 14.4 Å². The van der Waals surface area contributed by atoms with Crippen LogP contribution >= 0.6 is 0 Å². The fraction of sp³-hybridized carbons (Fsp3) is 0.372. The van der Waals surface area contributed by atoms with Crippen LogP contribution in [-0.4, -0.2) is 116 Å². The van der Waals surface area contributed by atoms with E-state index in [1.54, 1.807) is 6.07 Å². The highest BCUT2D eigenvalue weighted by atomic mass is 16.5. The zero-order chi connectivity index (χ0) is 39.9. The van der Waals surface area contributed by atoms with Crippen LogP contribution < -0.4 is 20.7 Å². The molecule has 298 valence electrons. The van der Waals surface area contributed by atoms with Gasteiger partial charge in [-0.25, -0.2) is 14.6 Å². The fourth-order valence-electron chi connectivity index (χ4n) is 8.87. The van der Waals surface area contributed by atoms with Gasteiger partial charge in [-0.1, -0.05) is 18.2 Å². The van der Waals surface area contributed by atoms with Crippen molar-refractivity contribution in [1.82, 2.24) is 39.8 Å². The summed E-state index contributed by atoms with van der Waals surface area (Å²) in [5.41, 5.74) is 11.0. The van der Waals surface area contributed by atoms with Gasteiger partial charge in [0.2, 0.25) is 18.2 Å². The number of carbonyl (C=O) groups is 4. The van der Waals surface area contributed by atoms with E-state index in [4.69, 9.17) is 15.6 Å². The Balaban J connectivity index is 0.754. The number of aryl methyl sites for hydroxylation is 1. The maximum atomic E-state index is 13.3. The molecule has 4 aliphatic heterocycles. The van der Waals surface area contributed by atoms with Gasteiger partial charge in [-0.3, -0.25) is 39.2 Å². The van der Waals surface area contributed by atoms with E-state index >= 15 is 0 Å². The molecule has 4 amide bonds. The van der Waals surface area contributed by atoms with E-state index in [9.17, 15) is 19.2 Å². The van der Waals surface area contributed by atoms with Gasteiger partial charge in [-0.15, -0.1) is 0 Å². The van der Waals surface area contributed by atoms with Crippen LogP contribution in [0.1, 0.15) is 47.6 Å². The van der Waals surface area contributed by atoms with Crippen molar-refractivity contribution in [3.8, 4) is 22.8 Å². The van der Waals surface area contributed by atoms with Crippen molar-refractivity contribution in [1.29, 1.82) is 0 Å². The molecule has 15 nitrogen and oxygen atoms in total. The van der Waals surface area contributed by atoms with E-state index < -0.39 is 23.8 Å². The first kappa shape index (κ1) is 37.4. The Bertz CT molecular complexity index is 2350. The molecule has 4 aliphatic rings. The quantitative estimate of drug-likeness (QED) is 0.146. The number of rotatable bonds is 11. The Morgan fingerprint density at radius 3 is 2.38 bits per heavy atom. The molecule has 0 saturated carbocycles. The monoisotopic (exact) mass is 782 g/mol. The van der Waals surface area contributed by atoms with Gasteiger partial charge in [0, 0.05) is 81.0 Å². The first-order valence-electron chi connectivity index (χ1n) is 20.0. The lowest BCUT2D eigenvalue weighted by molar-refractivity contribution is -0.139. The molecule has 0 spiro atoms. The minimum Gasteiger partial charge on any atom is -0.457 e. The SMILES string of the molecule is Cc1cc(N2CC(CN3CC(N4CCC(n5nc(-c6ccc(Oc7ccccc7)cc6)c6c(N)ncnc65)CC4)C3)C2)ccc1C(=O)N(C=O)C1CCC(=O)NC1=O. The normalized spacial score (nSPS) is 19.7. The predicted molar refractivity (Wildman–Crippen MR) is 217 cm³/mol. The number of hydrogen-bond acceptors (Lipinski definition) is 12. The number of benzene rings is 3. The first-order valence-corrected chi connectivity index (χ1v) is 20.0. The summed E-state index contributed by atoms with van der Waals surface area (Å²) in [5.74, 6) is 0.953. The number of amides is 4. The Kier molecular flexibility index (Phi) is 10.1. The molecule has 0 bridgehead atoms. The molecule has 4 saturated heterocycles. The molecule has 1 unspecified atom stereocenters. The lowest BCUT2D eigenvalue weighted by atomic mass is 9.94. The number of likely N-dealkylation sites (tertiary alicyclic amines) is 2. The van der Waals surface area contributed by atoms with Crippen LogP contribution in [0.5, 0.6) is 11.5 Å². The number of aromatic nitrogens is 4. The molecule has 1 atom stereocenters. The van der Waals surface area contributed by atoms with Gasteiger partial charge in [0.1, 0.15) is 35.4 Å². The fourth-order valence-corrected chi connectivity index (χ4v) is 8.87.